The monoisotopic (exact) mass is 427 g/mol. The van der Waals surface area contributed by atoms with Crippen molar-refractivity contribution < 1.29 is 4.74 Å². The van der Waals surface area contributed by atoms with Crippen molar-refractivity contribution in [1.82, 2.24) is 24.5 Å². The molecule has 0 fully saturated rings. The summed E-state index contributed by atoms with van der Waals surface area (Å²) in [5.74, 6) is 0.551. The summed E-state index contributed by atoms with van der Waals surface area (Å²) in [6.07, 6.45) is 3.25. The Hall–Kier alpha value is -3.91. The predicted molar refractivity (Wildman–Crippen MR) is 121 cm³/mol. The van der Waals surface area contributed by atoms with E-state index in [1.807, 2.05) is 61.5 Å². The number of rotatable bonds is 4. The van der Waals surface area contributed by atoms with E-state index in [1.54, 1.807) is 17.0 Å². The SMILES string of the molecule is COc1ncc(-c2nc3nc(-c4ccccc4)n(-c4ccccc4C)c(=O)c3s2)cn1. The minimum Gasteiger partial charge on any atom is -0.467 e. The molecular weight excluding hydrogens is 410 g/mol. The summed E-state index contributed by atoms with van der Waals surface area (Å²) in [6.45, 7) is 1.98. The van der Waals surface area contributed by atoms with Crippen LogP contribution in [0.5, 0.6) is 6.01 Å². The van der Waals surface area contributed by atoms with Gasteiger partial charge in [-0.15, -0.1) is 11.3 Å². The minimum atomic E-state index is -0.156. The number of para-hydroxylation sites is 1. The number of thiazole rings is 1. The molecule has 2 aromatic carbocycles. The number of nitrogens with zero attached hydrogens (tertiary/aromatic N) is 5. The van der Waals surface area contributed by atoms with E-state index in [0.717, 1.165) is 16.8 Å². The molecule has 7 nitrogen and oxygen atoms in total. The zero-order valence-corrected chi connectivity index (χ0v) is 17.6. The summed E-state index contributed by atoms with van der Waals surface area (Å²) in [4.78, 5) is 31.4. The van der Waals surface area contributed by atoms with Crippen LogP contribution in [-0.4, -0.2) is 31.6 Å². The van der Waals surface area contributed by atoms with Crippen LogP contribution in [0.1, 0.15) is 5.56 Å². The zero-order chi connectivity index (χ0) is 21.4. The molecule has 0 aliphatic heterocycles. The lowest BCUT2D eigenvalue weighted by atomic mass is 10.1. The minimum absolute atomic E-state index is 0.156. The molecule has 5 rings (SSSR count). The highest BCUT2D eigenvalue weighted by molar-refractivity contribution is 7.21. The van der Waals surface area contributed by atoms with Gasteiger partial charge in [-0.3, -0.25) is 9.36 Å². The van der Waals surface area contributed by atoms with Crippen LogP contribution in [-0.2, 0) is 0 Å². The smallest absolute Gasteiger partial charge is 0.316 e. The molecule has 152 valence electrons. The molecule has 8 heteroatoms. The van der Waals surface area contributed by atoms with Gasteiger partial charge in [0.25, 0.3) is 5.56 Å². The average Bonchev–Trinajstić information content (AvgIpc) is 3.25. The fourth-order valence-corrected chi connectivity index (χ4v) is 4.26. The van der Waals surface area contributed by atoms with Gasteiger partial charge >= 0.3 is 6.01 Å². The molecule has 0 radical (unpaired) electrons. The highest BCUT2D eigenvalue weighted by atomic mass is 32.1. The normalized spacial score (nSPS) is 11.0. The van der Waals surface area contributed by atoms with Crippen LogP contribution >= 0.6 is 11.3 Å². The Morgan fingerprint density at radius 2 is 1.61 bits per heavy atom. The number of methoxy groups -OCH3 is 1. The van der Waals surface area contributed by atoms with Crippen LogP contribution < -0.4 is 10.3 Å². The standard InChI is InChI=1S/C23H17N5O2S/c1-14-8-6-7-11-17(14)28-20(15-9-4-3-5-10-15)26-19-18(22(28)29)31-21(27-19)16-12-24-23(30-2)25-13-16/h3-13H,1-2H3. The van der Waals surface area contributed by atoms with E-state index in [2.05, 4.69) is 15.0 Å². The third-order valence-electron chi connectivity index (χ3n) is 4.88. The van der Waals surface area contributed by atoms with Gasteiger partial charge in [-0.05, 0) is 18.6 Å². The number of aryl methyl sites for hydroxylation is 1. The van der Waals surface area contributed by atoms with Gasteiger partial charge in [0.1, 0.15) is 15.5 Å². The van der Waals surface area contributed by atoms with E-state index in [9.17, 15) is 4.79 Å². The quantitative estimate of drug-likeness (QED) is 0.426. The van der Waals surface area contributed by atoms with Crippen molar-refractivity contribution >= 4 is 21.7 Å². The van der Waals surface area contributed by atoms with E-state index in [1.165, 1.54) is 18.4 Å². The van der Waals surface area contributed by atoms with Gasteiger partial charge < -0.3 is 4.74 Å². The summed E-state index contributed by atoms with van der Waals surface area (Å²) in [5.41, 5.74) is 3.57. The van der Waals surface area contributed by atoms with Crippen molar-refractivity contribution in [3.8, 4) is 33.7 Å². The Morgan fingerprint density at radius 3 is 2.32 bits per heavy atom. The first-order valence-electron chi connectivity index (χ1n) is 9.57. The second-order valence-corrected chi connectivity index (χ2v) is 7.86. The lowest BCUT2D eigenvalue weighted by molar-refractivity contribution is 0.380. The molecule has 0 N–H and O–H groups in total. The van der Waals surface area contributed by atoms with Crippen molar-refractivity contribution in [2.75, 3.05) is 7.11 Å². The van der Waals surface area contributed by atoms with E-state index in [0.29, 0.717) is 26.7 Å². The van der Waals surface area contributed by atoms with Crippen molar-refractivity contribution in [2.45, 2.75) is 6.92 Å². The number of benzene rings is 2. The summed E-state index contributed by atoms with van der Waals surface area (Å²) < 4.78 is 7.17. The lowest BCUT2D eigenvalue weighted by Gasteiger charge is -2.14. The lowest BCUT2D eigenvalue weighted by Crippen LogP contribution is -2.22. The summed E-state index contributed by atoms with van der Waals surface area (Å²) >= 11 is 1.28. The van der Waals surface area contributed by atoms with Gasteiger partial charge in [0, 0.05) is 23.5 Å². The Kier molecular flexibility index (Phi) is 4.76. The molecule has 0 aliphatic rings. The molecule has 0 spiro atoms. The van der Waals surface area contributed by atoms with Crippen LogP contribution in [0.4, 0.5) is 0 Å². The number of hydrogen-bond acceptors (Lipinski definition) is 7. The second kappa shape index (κ2) is 7.73. The molecule has 0 unspecified atom stereocenters. The second-order valence-electron chi connectivity index (χ2n) is 6.86. The van der Waals surface area contributed by atoms with Crippen LogP contribution in [0, 0.1) is 6.92 Å². The molecule has 0 bridgehead atoms. The summed E-state index contributed by atoms with van der Waals surface area (Å²) in [5, 5.41) is 0.629. The Labute approximate surface area is 181 Å². The van der Waals surface area contributed by atoms with Gasteiger partial charge in [-0.1, -0.05) is 48.5 Å². The summed E-state index contributed by atoms with van der Waals surface area (Å²) in [6, 6.07) is 17.7. The first-order chi connectivity index (χ1) is 15.2. The van der Waals surface area contributed by atoms with Gasteiger partial charge in [0.05, 0.1) is 12.8 Å². The molecule has 0 saturated carbocycles. The van der Waals surface area contributed by atoms with Crippen molar-refractivity contribution in [2.24, 2.45) is 0 Å². The van der Waals surface area contributed by atoms with E-state index < -0.39 is 0 Å². The number of hydrogen-bond donors (Lipinski definition) is 0. The molecule has 5 aromatic rings. The van der Waals surface area contributed by atoms with Crippen molar-refractivity contribution in [3.63, 3.8) is 0 Å². The third-order valence-corrected chi connectivity index (χ3v) is 5.96. The third kappa shape index (κ3) is 3.36. The fourth-order valence-electron chi connectivity index (χ4n) is 3.35. The van der Waals surface area contributed by atoms with Gasteiger partial charge in [-0.2, -0.15) is 0 Å². The summed E-state index contributed by atoms with van der Waals surface area (Å²) in [7, 11) is 1.51. The molecule has 0 atom stereocenters. The largest absolute Gasteiger partial charge is 0.467 e. The Balaban J connectivity index is 1.78. The van der Waals surface area contributed by atoms with Crippen LogP contribution in [0.3, 0.4) is 0 Å². The van der Waals surface area contributed by atoms with E-state index >= 15 is 0 Å². The maximum absolute atomic E-state index is 13.7. The average molecular weight is 427 g/mol. The predicted octanol–water partition coefficient (Wildman–Crippen LogP) is 4.28. The molecule has 31 heavy (non-hydrogen) atoms. The molecule has 0 aliphatic carbocycles. The van der Waals surface area contributed by atoms with Gasteiger partial charge in [0.2, 0.25) is 0 Å². The zero-order valence-electron chi connectivity index (χ0n) is 16.8. The van der Waals surface area contributed by atoms with E-state index in [-0.39, 0.29) is 11.6 Å². The van der Waals surface area contributed by atoms with Gasteiger partial charge in [0.15, 0.2) is 5.65 Å². The molecule has 3 aromatic heterocycles. The van der Waals surface area contributed by atoms with Crippen LogP contribution in [0.25, 0.3) is 38.0 Å². The van der Waals surface area contributed by atoms with Crippen molar-refractivity contribution in [1.29, 1.82) is 0 Å². The Morgan fingerprint density at radius 1 is 0.903 bits per heavy atom. The first-order valence-corrected chi connectivity index (χ1v) is 10.4. The molecule has 3 heterocycles. The van der Waals surface area contributed by atoms with Crippen LogP contribution in [0.15, 0.2) is 71.8 Å². The van der Waals surface area contributed by atoms with Crippen molar-refractivity contribution in [3.05, 3.63) is 82.9 Å². The molecule has 0 amide bonds. The van der Waals surface area contributed by atoms with E-state index in [4.69, 9.17) is 9.72 Å². The maximum Gasteiger partial charge on any atom is 0.316 e. The number of aromatic nitrogens is 5. The fraction of sp³-hybridized carbons (Fsp3) is 0.0870. The number of fused-ring (bicyclic) bond motifs is 1. The van der Waals surface area contributed by atoms with Gasteiger partial charge in [-0.25, -0.2) is 19.9 Å². The molecule has 0 saturated heterocycles. The molecular formula is C23H17N5O2S. The Bertz CT molecular complexity index is 1440. The first kappa shape index (κ1) is 19.1. The highest BCUT2D eigenvalue weighted by Gasteiger charge is 2.19. The van der Waals surface area contributed by atoms with Crippen LogP contribution in [0.2, 0.25) is 0 Å². The number of ether oxygens (including phenoxy) is 1. The maximum atomic E-state index is 13.7. The highest BCUT2D eigenvalue weighted by Crippen LogP contribution is 2.30. The topological polar surface area (TPSA) is 82.8 Å².